The minimum absolute atomic E-state index is 0.244. The Morgan fingerprint density at radius 1 is 1.07 bits per heavy atom. The van der Waals surface area contributed by atoms with Gasteiger partial charge in [-0.25, -0.2) is 9.97 Å². The summed E-state index contributed by atoms with van der Waals surface area (Å²) >= 11 is 0. The molecule has 0 fully saturated rings. The number of benzene rings is 2. The van der Waals surface area contributed by atoms with Crippen molar-refractivity contribution in [2.75, 3.05) is 13.7 Å². The standard InChI is InChI=1S/C22H21N3O5/c1-13-21(28)20(22(29)23-12-19(26)27)25-18(24-13)10-14-6-8-15(9-7-14)16-4-3-5-17(11-16)30-2/h3-9,11,28H,10,12H2,1-2H3,(H,23,29)(H,26,27). The molecule has 0 saturated heterocycles. The van der Waals surface area contributed by atoms with Crippen LogP contribution in [0.1, 0.15) is 27.6 Å². The first-order valence-electron chi connectivity index (χ1n) is 9.17. The smallest absolute Gasteiger partial charge is 0.322 e. The van der Waals surface area contributed by atoms with Crippen LogP contribution in [0.15, 0.2) is 48.5 Å². The van der Waals surface area contributed by atoms with Crippen molar-refractivity contribution in [2.45, 2.75) is 13.3 Å². The topological polar surface area (TPSA) is 122 Å². The van der Waals surface area contributed by atoms with E-state index in [2.05, 4.69) is 15.3 Å². The highest BCUT2D eigenvalue weighted by Crippen LogP contribution is 2.25. The number of carboxylic acid groups (broad SMARTS) is 1. The predicted octanol–water partition coefficient (Wildman–Crippen LogP) is 2.57. The quantitative estimate of drug-likeness (QED) is 0.550. The summed E-state index contributed by atoms with van der Waals surface area (Å²) in [5, 5.41) is 21.0. The molecule has 8 nitrogen and oxygen atoms in total. The number of carbonyl (C=O) groups excluding carboxylic acids is 1. The van der Waals surface area contributed by atoms with Gasteiger partial charge in [0.15, 0.2) is 11.4 Å². The number of aromatic nitrogens is 2. The lowest BCUT2D eigenvalue weighted by Gasteiger charge is -2.10. The Morgan fingerprint density at radius 2 is 1.80 bits per heavy atom. The van der Waals surface area contributed by atoms with E-state index in [4.69, 9.17) is 9.84 Å². The van der Waals surface area contributed by atoms with Crippen molar-refractivity contribution in [1.29, 1.82) is 0 Å². The lowest BCUT2D eigenvalue weighted by Crippen LogP contribution is -2.30. The summed E-state index contributed by atoms with van der Waals surface area (Å²) in [4.78, 5) is 31.2. The van der Waals surface area contributed by atoms with Crippen LogP contribution in [-0.4, -0.2) is 45.7 Å². The van der Waals surface area contributed by atoms with Gasteiger partial charge in [-0.3, -0.25) is 9.59 Å². The van der Waals surface area contributed by atoms with E-state index in [0.717, 1.165) is 22.4 Å². The largest absolute Gasteiger partial charge is 0.504 e. The van der Waals surface area contributed by atoms with E-state index in [9.17, 15) is 14.7 Å². The second kappa shape index (κ2) is 9.04. The second-order valence-corrected chi connectivity index (χ2v) is 6.60. The summed E-state index contributed by atoms with van der Waals surface area (Å²) in [5.74, 6) is -1.20. The molecule has 30 heavy (non-hydrogen) atoms. The first kappa shape index (κ1) is 20.8. The third kappa shape index (κ3) is 4.91. The van der Waals surface area contributed by atoms with Crippen molar-refractivity contribution in [3.8, 4) is 22.6 Å². The van der Waals surface area contributed by atoms with E-state index < -0.39 is 18.4 Å². The maximum atomic E-state index is 12.1. The Morgan fingerprint density at radius 3 is 2.47 bits per heavy atom. The molecule has 1 aromatic heterocycles. The van der Waals surface area contributed by atoms with E-state index in [-0.39, 0.29) is 17.1 Å². The summed E-state index contributed by atoms with van der Waals surface area (Å²) in [6.07, 6.45) is 0.346. The van der Waals surface area contributed by atoms with E-state index in [1.54, 1.807) is 14.0 Å². The zero-order chi connectivity index (χ0) is 21.7. The number of ether oxygens (including phenoxy) is 1. The molecule has 1 heterocycles. The number of rotatable bonds is 7. The van der Waals surface area contributed by atoms with Crippen LogP contribution in [0.2, 0.25) is 0 Å². The number of carboxylic acids is 1. The summed E-state index contributed by atoms with van der Waals surface area (Å²) in [6, 6.07) is 15.6. The number of aromatic hydroxyl groups is 1. The third-order valence-corrected chi connectivity index (χ3v) is 4.44. The van der Waals surface area contributed by atoms with Crippen molar-refractivity contribution in [1.82, 2.24) is 15.3 Å². The van der Waals surface area contributed by atoms with E-state index in [0.29, 0.717) is 12.2 Å². The van der Waals surface area contributed by atoms with Gasteiger partial charge >= 0.3 is 5.97 Å². The number of aryl methyl sites for hydroxylation is 1. The molecule has 0 radical (unpaired) electrons. The fraction of sp³-hybridized carbons (Fsp3) is 0.182. The van der Waals surface area contributed by atoms with Crippen molar-refractivity contribution in [3.05, 3.63) is 71.3 Å². The van der Waals surface area contributed by atoms with Gasteiger partial charge in [-0.15, -0.1) is 0 Å². The van der Waals surface area contributed by atoms with Crippen LogP contribution in [0.3, 0.4) is 0 Å². The summed E-state index contributed by atoms with van der Waals surface area (Å²) in [5.41, 5.74) is 2.97. The van der Waals surface area contributed by atoms with Crippen molar-refractivity contribution in [2.24, 2.45) is 0 Å². The number of methoxy groups -OCH3 is 1. The summed E-state index contributed by atoms with van der Waals surface area (Å²) < 4.78 is 5.26. The molecule has 0 unspecified atom stereocenters. The highest BCUT2D eigenvalue weighted by Gasteiger charge is 2.18. The third-order valence-electron chi connectivity index (χ3n) is 4.44. The maximum Gasteiger partial charge on any atom is 0.322 e. The van der Waals surface area contributed by atoms with E-state index >= 15 is 0 Å². The van der Waals surface area contributed by atoms with Gasteiger partial charge in [0.25, 0.3) is 5.91 Å². The molecule has 2 aromatic carbocycles. The lowest BCUT2D eigenvalue weighted by molar-refractivity contribution is -0.135. The first-order valence-corrected chi connectivity index (χ1v) is 9.17. The Labute approximate surface area is 173 Å². The second-order valence-electron chi connectivity index (χ2n) is 6.60. The van der Waals surface area contributed by atoms with Gasteiger partial charge in [-0.2, -0.15) is 0 Å². The average molecular weight is 407 g/mol. The van der Waals surface area contributed by atoms with Crippen LogP contribution in [-0.2, 0) is 11.2 Å². The Kier molecular flexibility index (Phi) is 6.26. The Bertz CT molecular complexity index is 1080. The van der Waals surface area contributed by atoms with Crippen LogP contribution in [0.4, 0.5) is 0 Å². The molecule has 3 rings (SSSR count). The maximum absolute atomic E-state index is 12.1. The lowest BCUT2D eigenvalue weighted by atomic mass is 10.0. The number of aliphatic carboxylic acids is 1. The molecule has 0 aliphatic heterocycles. The van der Waals surface area contributed by atoms with Gasteiger partial charge in [0, 0.05) is 6.42 Å². The molecule has 3 aromatic rings. The highest BCUT2D eigenvalue weighted by atomic mass is 16.5. The van der Waals surface area contributed by atoms with Crippen molar-refractivity contribution < 1.29 is 24.5 Å². The zero-order valence-electron chi connectivity index (χ0n) is 16.5. The fourth-order valence-corrected chi connectivity index (χ4v) is 2.90. The zero-order valence-corrected chi connectivity index (χ0v) is 16.5. The van der Waals surface area contributed by atoms with Crippen molar-refractivity contribution >= 4 is 11.9 Å². The first-order chi connectivity index (χ1) is 14.4. The molecule has 0 saturated carbocycles. The van der Waals surface area contributed by atoms with Gasteiger partial charge in [-0.1, -0.05) is 36.4 Å². The van der Waals surface area contributed by atoms with Crippen LogP contribution in [0.25, 0.3) is 11.1 Å². The van der Waals surface area contributed by atoms with Crippen molar-refractivity contribution in [3.63, 3.8) is 0 Å². The van der Waals surface area contributed by atoms with Crippen LogP contribution >= 0.6 is 0 Å². The number of hydrogen-bond donors (Lipinski definition) is 3. The number of nitrogens with one attached hydrogen (secondary N) is 1. The molecule has 154 valence electrons. The summed E-state index contributed by atoms with van der Waals surface area (Å²) in [6.45, 7) is 0.989. The fourth-order valence-electron chi connectivity index (χ4n) is 2.90. The molecule has 1 amide bonds. The predicted molar refractivity (Wildman–Crippen MR) is 110 cm³/mol. The minimum Gasteiger partial charge on any atom is -0.504 e. The highest BCUT2D eigenvalue weighted by molar-refractivity contribution is 5.96. The molecule has 0 atom stereocenters. The van der Waals surface area contributed by atoms with Gasteiger partial charge < -0.3 is 20.3 Å². The normalized spacial score (nSPS) is 10.5. The molecular formula is C22H21N3O5. The minimum atomic E-state index is -1.19. The summed E-state index contributed by atoms with van der Waals surface area (Å²) in [7, 11) is 1.62. The monoisotopic (exact) mass is 407 g/mol. The Hall–Kier alpha value is -3.94. The average Bonchev–Trinajstić information content (AvgIpc) is 2.75. The molecule has 8 heteroatoms. The number of carbonyl (C=O) groups is 2. The molecular weight excluding hydrogens is 386 g/mol. The Balaban J connectivity index is 1.80. The van der Waals surface area contributed by atoms with Gasteiger partial charge in [0.1, 0.15) is 18.1 Å². The number of nitrogens with zero attached hydrogens (tertiary/aromatic N) is 2. The van der Waals surface area contributed by atoms with Crippen LogP contribution < -0.4 is 10.1 Å². The molecule has 0 spiro atoms. The SMILES string of the molecule is COc1cccc(-c2ccc(Cc3nc(C)c(O)c(C(=O)NCC(=O)O)n3)cc2)c1. The van der Waals surface area contributed by atoms with Gasteiger partial charge in [-0.05, 0) is 35.7 Å². The molecule has 0 aliphatic rings. The van der Waals surface area contributed by atoms with Gasteiger partial charge in [0.2, 0.25) is 0 Å². The van der Waals surface area contributed by atoms with Crippen LogP contribution in [0, 0.1) is 6.92 Å². The van der Waals surface area contributed by atoms with Crippen LogP contribution in [0.5, 0.6) is 11.5 Å². The molecule has 0 aliphatic carbocycles. The van der Waals surface area contributed by atoms with E-state index in [1.807, 2.05) is 48.5 Å². The number of hydrogen-bond acceptors (Lipinski definition) is 6. The molecule has 3 N–H and O–H groups in total. The number of amides is 1. The van der Waals surface area contributed by atoms with Gasteiger partial charge in [0.05, 0.1) is 12.8 Å². The molecule has 0 bridgehead atoms. The van der Waals surface area contributed by atoms with E-state index in [1.165, 1.54) is 0 Å².